The van der Waals surface area contributed by atoms with Crippen molar-refractivity contribution in [3.63, 3.8) is 0 Å². The second kappa shape index (κ2) is 4.38. The molecule has 0 saturated carbocycles. The maximum absolute atomic E-state index is 11.9. The smallest absolute Gasteiger partial charge is 0.359 e. The Morgan fingerprint density at radius 2 is 2.00 bits per heavy atom. The lowest BCUT2D eigenvalue weighted by atomic mass is 10.2. The number of carbonyl (C=O) groups excluding carboxylic acids is 1. The first-order valence-corrected chi connectivity index (χ1v) is 5.73. The number of pyridine rings is 1. The highest BCUT2D eigenvalue weighted by Gasteiger charge is 2.21. The highest BCUT2D eigenvalue weighted by atomic mass is 16.6. The minimum absolute atomic E-state index is 0.0415. The van der Waals surface area contributed by atoms with Gasteiger partial charge in [0, 0.05) is 6.20 Å². The van der Waals surface area contributed by atoms with E-state index in [9.17, 15) is 9.59 Å². The normalized spacial score (nSPS) is 11.5. The summed E-state index contributed by atoms with van der Waals surface area (Å²) in [6.07, 6.45) is 1.37. The fourth-order valence-electron chi connectivity index (χ4n) is 1.61. The molecule has 2 aromatic rings. The second-order valence-corrected chi connectivity index (χ2v) is 5.07. The van der Waals surface area contributed by atoms with Crippen molar-refractivity contribution in [3.8, 4) is 0 Å². The van der Waals surface area contributed by atoms with Crippen molar-refractivity contribution in [2.24, 2.45) is 0 Å². The van der Waals surface area contributed by atoms with Crippen LogP contribution in [0.3, 0.4) is 0 Å². The Labute approximate surface area is 109 Å². The maximum Gasteiger partial charge on any atom is 0.359 e. The summed E-state index contributed by atoms with van der Waals surface area (Å²) in [5.41, 5.74) is -0.105. The van der Waals surface area contributed by atoms with Crippen LogP contribution in [0, 0.1) is 0 Å². The standard InChI is InChI=1S/C13H14N2O4/c1-13(2,3)19-12(18)8-7-15-9(11(16)17)5-4-6-10(15)14-8/h4-7H,1-3H3,(H,16,17). The van der Waals surface area contributed by atoms with Gasteiger partial charge in [0.2, 0.25) is 0 Å². The summed E-state index contributed by atoms with van der Waals surface area (Å²) in [5.74, 6) is -1.66. The van der Waals surface area contributed by atoms with Crippen molar-refractivity contribution in [3.05, 3.63) is 35.8 Å². The van der Waals surface area contributed by atoms with Crippen LogP contribution in [0.4, 0.5) is 0 Å². The quantitative estimate of drug-likeness (QED) is 0.837. The lowest BCUT2D eigenvalue weighted by molar-refractivity contribution is 0.00632. The number of aromatic carboxylic acids is 1. The van der Waals surface area contributed by atoms with Gasteiger partial charge in [-0.2, -0.15) is 0 Å². The first kappa shape index (κ1) is 13.1. The number of ether oxygens (including phenoxy) is 1. The van der Waals surface area contributed by atoms with Gasteiger partial charge in [-0.3, -0.25) is 4.40 Å². The van der Waals surface area contributed by atoms with E-state index in [0.717, 1.165) is 0 Å². The van der Waals surface area contributed by atoms with E-state index < -0.39 is 17.5 Å². The summed E-state index contributed by atoms with van der Waals surface area (Å²) in [5, 5.41) is 9.05. The Morgan fingerprint density at radius 1 is 1.32 bits per heavy atom. The Bertz CT molecular complexity index is 652. The van der Waals surface area contributed by atoms with E-state index in [1.165, 1.54) is 16.7 Å². The van der Waals surface area contributed by atoms with Crippen molar-refractivity contribution in [1.82, 2.24) is 9.38 Å². The SMILES string of the molecule is CC(C)(C)OC(=O)c1cn2c(C(=O)O)cccc2n1. The molecule has 2 aromatic heterocycles. The largest absolute Gasteiger partial charge is 0.477 e. The third-order valence-electron chi connectivity index (χ3n) is 2.32. The number of esters is 1. The molecule has 0 radical (unpaired) electrons. The molecule has 6 nitrogen and oxygen atoms in total. The number of carboxylic acid groups (broad SMARTS) is 1. The van der Waals surface area contributed by atoms with Gasteiger partial charge >= 0.3 is 11.9 Å². The Hall–Kier alpha value is -2.37. The van der Waals surface area contributed by atoms with Gasteiger partial charge < -0.3 is 9.84 Å². The number of carboxylic acids is 1. The zero-order valence-corrected chi connectivity index (χ0v) is 10.9. The average molecular weight is 262 g/mol. The Balaban J connectivity index is 2.45. The first-order valence-electron chi connectivity index (χ1n) is 5.73. The molecule has 1 N–H and O–H groups in total. The van der Waals surface area contributed by atoms with Crippen LogP contribution in [-0.4, -0.2) is 32.0 Å². The van der Waals surface area contributed by atoms with Crippen LogP contribution in [0.1, 0.15) is 41.7 Å². The van der Waals surface area contributed by atoms with E-state index in [0.29, 0.717) is 5.65 Å². The van der Waals surface area contributed by atoms with E-state index in [1.807, 2.05) is 0 Å². The second-order valence-electron chi connectivity index (χ2n) is 5.07. The number of carbonyl (C=O) groups is 2. The minimum atomic E-state index is -1.08. The third-order valence-corrected chi connectivity index (χ3v) is 2.32. The zero-order valence-electron chi connectivity index (χ0n) is 10.9. The summed E-state index contributed by atoms with van der Waals surface area (Å²) < 4.78 is 6.54. The van der Waals surface area contributed by atoms with Gasteiger partial charge in [-0.25, -0.2) is 14.6 Å². The third kappa shape index (κ3) is 2.73. The lowest BCUT2D eigenvalue weighted by Gasteiger charge is -2.18. The van der Waals surface area contributed by atoms with Crippen molar-refractivity contribution in [1.29, 1.82) is 0 Å². The molecule has 2 rings (SSSR count). The predicted octanol–water partition coefficient (Wildman–Crippen LogP) is 1.99. The van der Waals surface area contributed by atoms with E-state index in [1.54, 1.807) is 32.9 Å². The van der Waals surface area contributed by atoms with E-state index in [-0.39, 0.29) is 11.4 Å². The number of fused-ring (bicyclic) bond motifs is 1. The maximum atomic E-state index is 11.9. The highest BCUT2D eigenvalue weighted by molar-refractivity contribution is 5.90. The summed E-state index contributed by atoms with van der Waals surface area (Å²) in [7, 11) is 0. The molecule has 0 aliphatic rings. The number of hydrogen-bond donors (Lipinski definition) is 1. The van der Waals surface area contributed by atoms with Crippen LogP contribution in [0.2, 0.25) is 0 Å². The number of hydrogen-bond acceptors (Lipinski definition) is 4. The molecule has 0 spiro atoms. The molecule has 0 saturated heterocycles. The summed E-state index contributed by atoms with van der Waals surface area (Å²) >= 11 is 0. The van der Waals surface area contributed by atoms with Gasteiger partial charge in [0.1, 0.15) is 16.9 Å². The molecule has 19 heavy (non-hydrogen) atoms. The summed E-state index contributed by atoms with van der Waals surface area (Å²) in [4.78, 5) is 27.0. The van der Waals surface area contributed by atoms with Gasteiger partial charge in [0.05, 0.1) is 0 Å². The molecule has 0 unspecified atom stereocenters. The van der Waals surface area contributed by atoms with Crippen LogP contribution in [0.15, 0.2) is 24.4 Å². The lowest BCUT2D eigenvalue weighted by Crippen LogP contribution is -2.24. The van der Waals surface area contributed by atoms with Crippen molar-refractivity contribution in [2.75, 3.05) is 0 Å². The van der Waals surface area contributed by atoms with Gasteiger partial charge in [-0.1, -0.05) is 6.07 Å². The number of aromatic nitrogens is 2. The number of rotatable bonds is 2. The van der Waals surface area contributed by atoms with E-state index >= 15 is 0 Å². The van der Waals surface area contributed by atoms with Crippen molar-refractivity contribution >= 4 is 17.6 Å². The molecule has 0 aliphatic heterocycles. The number of imidazole rings is 1. The van der Waals surface area contributed by atoms with Gasteiger partial charge in [-0.15, -0.1) is 0 Å². The molecular weight excluding hydrogens is 248 g/mol. The van der Waals surface area contributed by atoms with E-state index in [2.05, 4.69) is 4.98 Å². The van der Waals surface area contributed by atoms with Crippen LogP contribution < -0.4 is 0 Å². The van der Waals surface area contributed by atoms with Gasteiger partial charge in [-0.05, 0) is 32.9 Å². The topological polar surface area (TPSA) is 80.9 Å². The summed E-state index contributed by atoms with van der Waals surface area (Å²) in [6, 6.07) is 4.64. The molecule has 0 aromatic carbocycles. The minimum Gasteiger partial charge on any atom is -0.477 e. The van der Waals surface area contributed by atoms with Crippen LogP contribution in [-0.2, 0) is 4.74 Å². The van der Waals surface area contributed by atoms with Gasteiger partial charge in [0.25, 0.3) is 0 Å². The zero-order chi connectivity index (χ0) is 14.2. The van der Waals surface area contributed by atoms with E-state index in [4.69, 9.17) is 9.84 Å². The monoisotopic (exact) mass is 262 g/mol. The fourth-order valence-corrected chi connectivity index (χ4v) is 1.61. The van der Waals surface area contributed by atoms with Crippen LogP contribution in [0.5, 0.6) is 0 Å². The highest BCUT2D eigenvalue weighted by Crippen LogP contribution is 2.14. The van der Waals surface area contributed by atoms with Crippen molar-refractivity contribution < 1.29 is 19.4 Å². The molecule has 2 heterocycles. The summed E-state index contributed by atoms with van der Waals surface area (Å²) in [6.45, 7) is 5.26. The van der Waals surface area contributed by atoms with Gasteiger partial charge in [0.15, 0.2) is 5.69 Å². The van der Waals surface area contributed by atoms with Crippen LogP contribution in [0.25, 0.3) is 5.65 Å². The molecule has 0 fully saturated rings. The molecule has 0 amide bonds. The van der Waals surface area contributed by atoms with Crippen LogP contribution >= 0.6 is 0 Å². The number of nitrogens with zero attached hydrogens (tertiary/aromatic N) is 2. The molecule has 0 aliphatic carbocycles. The molecule has 6 heteroatoms. The average Bonchev–Trinajstić information content (AvgIpc) is 2.69. The molecular formula is C13H14N2O4. The predicted molar refractivity (Wildman–Crippen MR) is 67.3 cm³/mol. The first-order chi connectivity index (χ1) is 8.78. The molecule has 100 valence electrons. The molecule has 0 atom stereocenters. The Morgan fingerprint density at radius 3 is 2.58 bits per heavy atom. The fraction of sp³-hybridized carbons (Fsp3) is 0.308. The Kier molecular flexibility index (Phi) is 3.01. The van der Waals surface area contributed by atoms with Crippen molar-refractivity contribution in [2.45, 2.75) is 26.4 Å². The molecule has 0 bridgehead atoms.